The number of hydrogen-bond acceptors (Lipinski definition) is 6. The summed E-state index contributed by atoms with van der Waals surface area (Å²) in [7, 11) is 0. The second-order valence-corrected chi connectivity index (χ2v) is 9.65. The van der Waals surface area contributed by atoms with E-state index in [0.717, 1.165) is 76.7 Å². The van der Waals surface area contributed by atoms with Gasteiger partial charge in [-0.3, -0.25) is 0 Å². The van der Waals surface area contributed by atoms with E-state index in [1.807, 2.05) is 24.8 Å². The Morgan fingerprint density at radius 1 is 0.941 bits per heavy atom. The minimum atomic E-state index is -0.0546. The van der Waals surface area contributed by atoms with E-state index in [0.29, 0.717) is 0 Å². The van der Waals surface area contributed by atoms with E-state index in [-0.39, 0.29) is 5.54 Å². The molecule has 6 rings (SSSR count). The van der Waals surface area contributed by atoms with Crippen molar-refractivity contribution >= 4 is 28.0 Å². The number of anilines is 1. The van der Waals surface area contributed by atoms with Crippen LogP contribution in [-0.4, -0.2) is 55.8 Å². The van der Waals surface area contributed by atoms with E-state index in [1.165, 1.54) is 0 Å². The van der Waals surface area contributed by atoms with Crippen LogP contribution in [-0.2, 0) is 10.3 Å². The number of pyridine rings is 1. The van der Waals surface area contributed by atoms with Crippen molar-refractivity contribution in [1.29, 1.82) is 0 Å². The van der Waals surface area contributed by atoms with Gasteiger partial charge in [0, 0.05) is 42.1 Å². The molecule has 0 atom stereocenters. The molecule has 1 aromatic carbocycles. The van der Waals surface area contributed by atoms with Crippen LogP contribution in [0.5, 0.6) is 0 Å². The van der Waals surface area contributed by atoms with Crippen molar-refractivity contribution in [3.8, 4) is 22.4 Å². The monoisotopic (exact) mass is 453 g/mol. The first-order valence-electron chi connectivity index (χ1n) is 11.6. The first-order chi connectivity index (χ1) is 16.5. The Balaban J connectivity index is 1.38. The maximum Gasteiger partial charge on any atom is 0.156 e. The Morgan fingerprint density at radius 3 is 2.53 bits per heavy atom. The number of morpholine rings is 1. The number of aromatic nitrogens is 6. The number of fused-ring (bicyclic) bond motifs is 2. The molecular formula is C26H27N7O. The van der Waals surface area contributed by atoms with Crippen molar-refractivity contribution in [2.24, 2.45) is 0 Å². The Kier molecular flexibility index (Phi) is 4.84. The summed E-state index contributed by atoms with van der Waals surface area (Å²) in [5, 5.41) is 0. The summed E-state index contributed by atoms with van der Waals surface area (Å²) in [6.45, 7) is 9.76. The third kappa shape index (κ3) is 3.60. The molecule has 0 bridgehead atoms. The van der Waals surface area contributed by atoms with E-state index >= 15 is 0 Å². The van der Waals surface area contributed by atoms with Gasteiger partial charge >= 0.3 is 0 Å². The first-order valence-corrected chi connectivity index (χ1v) is 11.6. The molecule has 4 aromatic heterocycles. The molecule has 0 amide bonds. The lowest BCUT2D eigenvalue weighted by molar-refractivity contribution is 0.122. The standard InChI is InChI=1S/C26H27N7O/c1-26(2,3)33-16-30-20-6-4-17(12-22(20)33)19-14-28-25-24(19)31-21(15-29-25)18-5-7-23(27-13-18)32-8-10-34-11-9-32/h4-7,12-16H,8-11H2,1-3H3,(H,28,29). The lowest BCUT2D eigenvalue weighted by atomic mass is 10.1. The number of benzene rings is 1. The molecule has 1 saturated heterocycles. The lowest BCUT2D eigenvalue weighted by Crippen LogP contribution is -2.36. The van der Waals surface area contributed by atoms with E-state index in [4.69, 9.17) is 9.72 Å². The summed E-state index contributed by atoms with van der Waals surface area (Å²) in [4.78, 5) is 24.4. The number of H-pyrrole nitrogens is 1. The van der Waals surface area contributed by atoms with Crippen molar-refractivity contribution in [2.45, 2.75) is 26.3 Å². The lowest BCUT2D eigenvalue weighted by Gasteiger charge is -2.27. The molecule has 1 aliphatic heterocycles. The second kappa shape index (κ2) is 7.92. The van der Waals surface area contributed by atoms with Crippen LogP contribution in [0.15, 0.2) is 55.2 Å². The summed E-state index contributed by atoms with van der Waals surface area (Å²) in [5.41, 5.74) is 7.49. The van der Waals surface area contributed by atoms with Crippen molar-refractivity contribution < 1.29 is 4.74 Å². The van der Waals surface area contributed by atoms with Crippen LogP contribution in [0, 0.1) is 0 Å². The fraction of sp³-hybridized carbons (Fsp3) is 0.308. The Morgan fingerprint density at radius 2 is 1.76 bits per heavy atom. The van der Waals surface area contributed by atoms with E-state index in [1.54, 1.807) is 6.20 Å². The third-order valence-corrected chi connectivity index (χ3v) is 6.34. The topological polar surface area (TPSA) is 84.8 Å². The van der Waals surface area contributed by atoms with Gasteiger partial charge < -0.3 is 19.2 Å². The van der Waals surface area contributed by atoms with Crippen LogP contribution in [0.4, 0.5) is 5.82 Å². The largest absolute Gasteiger partial charge is 0.378 e. The molecule has 0 unspecified atom stereocenters. The molecule has 34 heavy (non-hydrogen) atoms. The van der Waals surface area contributed by atoms with Gasteiger partial charge in [-0.05, 0) is 50.6 Å². The van der Waals surface area contributed by atoms with E-state index in [9.17, 15) is 0 Å². The average Bonchev–Trinajstić information content (AvgIpc) is 3.48. The van der Waals surface area contributed by atoms with Crippen LogP contribution in [0.1, 0.15) is 20.8 Å². The van der Waals surface area contributed by atoms with Gasteiger partial charge in [-0.15, -0.1) is 0 Å². The van der Waals surface area contributed by atoms with Gasteiger partial charge in [0.2, 0.25) is 0 Å². The normalized spacial score (nSPS) is 14.9. The average molecular weight is 454 g/mol. The molecule has 172 valence electrons. The van der Waals surface area contributed by atoms with E-state index in [2.05, 4.69) is 74.4 Å². The predicted molar refractivity (Wildman–Crippen MR) is 134 cm³/mol. The molecule has 1 aliphatic rings. The van der Waals surface area contributed by atoms with Crippen LogP contribution in [0.2, 0.25) is 0 Å². The number of hydrogen-bond donors (Lipinski definition) is 1. The Bertz CT molecular complexity index is 1470. The third-order valence-electron chi connectivity index (χ3n) is 6.34. The minimum Gasteiger partial charge on any atom is -0.378 e. The summed E-state index contributed by atoms with van der Waals surface area (Å²) in [6.07, 6.45) is 7.56. The highest BCUT2D eigenvalue weighted by atomic mass is 16.5. The zero-order valence-electron chi connectivity index (χ0n) is 19.6. The molecule has 5 heterocycles. The number of ether oxygens (including phenoxy) is 1. The summed E-state index contributed by atoms with van der Waals surface area (Å²) < 4.78 is 7.65. The Hall–Kier alpha value is -3.78. The van der Waals surface area contributed by atoms with Gasteiger partial charge in [-0.2, -0.15) is 0 Å². The minimum absolute atomic E-state index is 0.0546. The van der Waals surface area contributed by atoms with Gasteiger partial charge in [0.05, 0.1) is 42.5 Å². The Labute approximate surface area is 197 Å². The quantitative estimate of drug-likeness (QED) is 0.429. The predicted octanol–water partition coefficient (Wildman–Crippen LogP) is 4.63. The highest BCUT2D eigenvalue weighted by Crippen LogP contribution is 2.32. The number of nitrogens with one attached hydrogen (secondary N) is 1. The van der Waals surface area contributed by atoms with Crippen molar-refractivity contribution in [1.82, 2.24) is 29.5 Å². The summed E-state index contributed by atoms with van der Waals surface area (Å²) in [5.74, 6) is 0.965. The molecule has 0 radical (unpaired) electrons. The molecule has 8 nitrogen and oxygen atoms in total. The second-order valence-electron chi connectivity index (χ2n) is 9.65. The molecule has 0 spiro atoms. The summed E-state index contributed by atoms with van der Waals surface area (Å²) >= 11 is 0. The molecular weight excluding hydrogens is 426 g/mol. The van der Waals surface area contributed by atoms with Crippen LogP contribution < -0.4 is 4.90 Å². The van der Waals surface area contributed by atoms with Gasteiger partial charge in [0.15, 0.2) is 5.65 Å². The first kappa shape index (κ1) is 20.8. The molecule has 0 aliphatic carbocycles. The highest BCUT2D eigenvalue weighted by molar-refractivity contribution is 5.94. The highest BCUT2D eigenvalue weighted by Gasteiger charge is 2.18. The van der Waals surface area contributed by atoms with Crippen molar-refractivity contribution in [3.05, 3.63) is 55.2 Å². The fourth-order valence-corrected chi connectivity index (χ4v) is 4.48. The van der Waals surface area contributed by atoms with Crippen LogP contribution >= 0.6 is 0 Å². The number of nitrogens with zero attached hydrogens (tertiary/aromatic N) is 6. The SMILES string of the molecule is CC(C)(C)n1cnc2ccc(-c3c[nH]c4ncc(-c5ccc(N6CCOCC6)nc5)nc34)cc21. The van der Waals surface area contributed by atoms with Gasteiger partial charge in [-0.25, -0.2) is 19.9 Å². The summed E-state index contributed by atoms with van der Waals surface area (Å²) in [6, 6.07) is 10.5. The van der Waals surface area contributed by atoms with Gasteiger partial charge in [-0.1, -0.05) is 6.07 Å². The zero-order chi connectivity index (χ0) is 23.3. The zero-order valence-corrected chi connectivity index (χ0v) is 19.6. The van der Waals surface area contributed by atoms with Crippen LogP contribution in [0.3, 0.4) is 0 Å². The number of imidazole rings is 1. The van der Waals surface area contributed by atoms with E-state index < -0.39 is 0 Å². The van der Waals surface area contributed by atoms with Gasteiger partial charge in [0.1, 0.15) is 11.3 Å². The molecule has 1 N–H and O–H groups in total. The number of rotatable bonds is 3. The molecule has 5 aromatic rings. The van der Waals surface area contributed by atoms with Crippen LogP contribution in [0.25, 0.3) is 44.6 Å². The smallest absolute Gasteiger partial charge is 0.156 e. The maximum absolute atomic E-state index is 5.44. The molecule has 8 heteroatoms. The van der Waals surface area contributed by atoms with Gasteiger partial charge in [0.25, 0.3) is 0 Å². The maximum atomic E-state index is 5.44. The molecule has 0 saturated carbocycles. The fourth-order valence-electron chi connectivity index (χ4n) is 4.48. The van der Waals surface area contributed by atoms with Crippen molar-refractivity contribution in [3.63, 3.8) is 0 Å². The molecule has 1 fully saturated rings. The number of aromatic amines is 1. The van der Waals surface area contributed by atoms with Crippen molar-refractivity contribution in [2.75, 3.05) is 31.2 Å².